The molecule has 3 heteroatoms. The van der Waals surface area contributed by atoms with Gasteiger partial charge in [0.15, 0.2) is 0 Å². The number of rotatable bonds is 3. The van der Waals surface area contributed by atoms with Gasteiger partial charge in [0.1, 0.15) is 0 Å². The van der Waals surface area contributed by atoms with Crippen LogP contribution in [0.3, 0.4) is 0 Å². The number of nitrogens with zero attached hydrogens (tertiary/aromatic N) is 2. The molecule has 0 bridgehead atoms. The minimum Gasteiger partial charge on any atom is -0.317 e. The molecule has 0 amide bonds. The van der Waals surface area contributed by atoms with Crippen LogP contribution in [0.2, 0.25) is 0 Å². The van der Waals surface area contributed by atoms with Crippen LogP contribution in [0.25, 0.3) is 0 Å². The standard InChI is InChI=1S/C15H29N3/c1-17(2)14-3-9-18(10-4-14)12-13-11-15(13)5-7-16-8-6-15/h13-14,16H,3-12H2,1-2H3. The second-order valence-corrected chi connectivity index (χ2v) is 7.01. The summed E-state index contributed by atoms with van der Waals surface area (Å²) in [5, 5.41) is 3.50. The predicted molar refractivity (Wildman–Crippen MR) is 75.8 cm³/mol. The van der Waals surface area contributed by atoms with Crippen molar-refractivity contribution in [2.24, 2.45) is 11.3 Å². The minimum atomic E-state index is 0.768. The van der Waals surface area contributed by atoms with Crippen molar-refractivity contribution < 1.29 is 0 Å². The molecule has 18 heavy (non-hydrogen) atoms. The van der Waals surface area contributed by atoms with Gasteiger partial charge >= 0.3 is 0 Å². The van der Waals surface area contributed by atoms with Crippen molar-refractivity contribution >= 4 is 0 Å². The van der Waals surface area contributed by atoms with E-state index in [1.54, 1.807) is 0 Å². The number of likely N-dealkylation sites (tertiary alicyclic amines) is 1. The van der Waals surface area contributed by atoms with Crippen LogP contribution >= 0.6 is 0 Å². The molecule has 3 aliphatic rings. The number of hydrogen-bond donors (Lipinski definition) is 1. The average Bonchev–Trinajstić information content (AvgIpc) is 3.02. The summed E-state index contributed by atoms with van der Waals surface area (Å²) in [6, 6.07) is 0.827. The summed E-state index contributed by atoms with van der Waals surface area (Å²) in [5.74, 6) is 1.02. The molecule has 104 valence electrons. The van der Waals surface area contributed by atoms with Crippen molar-refractivity contribution in [3.05, 3.63) is 0 Å². The van der Waals surface area contributed by atoms with E-state index in [1.807, 2.05) is 0 Å². The Labute approximate surface area is 112 Å². The lowest BCUT2D eigenvalue weighted by Gasteiger charge is -2.36. The largest absolute Gasteiger partial charge is 0.317 e. The fourth-order valence-corrected chi connectivity index (χ4v) is 4.16. The Morgan fingerprint density at radius 2 is 1.83 bits per heavy atom. The predicted octanol–water partition coefficient (Wildman–Crippen LogP) is 1.40. The Morgan fingerprint density at radius 3 is 2.44 bits per heavy atom. The van der Waals surface area contributed by atoms with Crippen molar-refractivity contribution in [2.45, 2.75) is 38.1 Å². The Kier molecular flexibility index (Phi) is 3.65. The topological polar surface area (TPSA) is 18.5 Å². The molecular formula is C15H29N3. The van der Waals surface area contributed by atoms with Crippen LogP contribution in [0.1, 0.15) is 32.1 Å². The molecule has 0 aromatic heterocycles. The fraction of sp³-hybridized carbons (Fsp3) is 1.00. The van der Waals surface area contributed by atoms with Crippen LogP contribution in [0, 0.1) is 11.3 Å². The maximum absolute atomic E-state index is 3.50. The van der Waals surface area contributed by atoms with Crippen molar-refractivity contribution in [2.75, 3.05) is 46.8 Å². The van der Waals surface area contributed by atoms with Gasteiger partial charge in [-0.1, -0.05) is 0 Å². The second kappa shape index (κ2) is 5.10. The summed E-state index contributed by atoms with van der Waals surface area (Å²) in [6.07, 6.45) is 7.13. The van der Waals surface area contributed by atoms with Crippen LogP contribution in [-0.4, -0.2) is 62.7 Å². The molecule has 1 saturated carbocycles. The van der Waals surface area contributed by atoms with Crippen LogP contribution in [-0.2, 0) is 0 Å². The van der Waals surface area contributed by atoms with Crippen molar-refractivity contribution in [1.29, 1.82) is 0 Å². The van der Waals surface area contributed by atoms with Gasteiger partial charge in [0.25, 0.3) is 0 Å². The zero-order valence-electron chi connectivity index (χ0n) is 12.1. The zero-order valence-corrected chi connectivity index (χ0v) is 12.1. The highest BCUT2D eigenvalue weighted by molar-refractivity contribution is 5.05. The molecule has 0 aromatic carbocycles. The minimum absolute atomic E-state index is 0.768. The van der Waals surface area contributed by atoms with E-state index in [0.29, 0.717) is 0 Å². The molecule has 3 nitrogen and oxygen atoms in total. The highest BCUT2D eigenvalue weighted by atomic mass is 15.2. The Bertz CT molecular complexity index is 275. The van der Waals surface area contributed by atoms with E-state index in [2.05, 4.69) is 29.2 Å². The molecule has 2 heterocycles. The number of piperidine rings is 2. The van der Waals surface area contributed by atoms with Crippen LogP contribution in [0.5, 0.6) is 0 Å². The summed E-state index contributed by atoms with van der Waals surface area (Å²) in [5.41, 5.74) is 0.768. The molecule has 3 fully saturated rings. The van der Waals surface area contributed by atoms with Crippen molar-refractivity contribution in [1.82, 2.24) is 15.1 Å². The second-order valence-electron chi connectivity index (χ2n) is 7.01. The van der Waals surface area contributed by atoms with Crippen LogP contribution in [0.15, 0.2) is 0 Å². The van der Waals surface area contributed by atoms with Gasteiger partial charge in [-0.2, -0.15) is 0 Å². The SMILES string of the molecule is CN(C)C1CCN(CC2CC23CCNCC3)CC1. The molecule has 1 spiro atoms. The molecular weight excluding hydrogens is 222 g/mol. The highest BCUT2D eigenvalue weighted by Crippen LogP contribution is 2.58. The third-order valence-corrected chi connectivity index (χ3v) is 5.72. The lowest BCUT2D eigenvalue weighted by molar-refractivity contribution is 0.134. The Hall–Kier alpha value is -0.120. The van der Waals surface area contributed by atoms with Crippen LogP contribution < -0.4 is 5.32 Å². The van der Waals surface area contributed by atoms with E-state index in [-0.39, 0.29) is 0 Å². The van der Waals surface area contributed by atoms with Crippen LogP contribution in [0.4, 0.5) is 0 Å². The number of nitrogens with one attached hydrogen (secondary N) is 1. The zero-order chi connectivity index (χ0) is 12.6. The molecule has 2 saturated heterocycles. The van der Waals surface area contributed by atoms with E-state index in [1.165, 1.54) is 64.8 Å². The fourth-order valence-electron chi connectivity index (χ4n) is 4.16. The van der Waals surface area contributed by atoms with Gasteiger partial charge in [0.2, 0.25) is 0 Å². The molecule has 1 unspecified atom stereocenters. The first-order valence-corrected chi connectivity index (χ1v) is 7.79. The first kappa shape index (κ1) is 12.9. The van der Waals surface area contributed by atoms with Gasteiger partial charge in [-0.15, -0.1) is 0 Å². The first-order chi connectivity index (χ1) is 8.70. The smallest absolute Gasteiger partial charge is 0.0113 e. The van der Waals surface area contributed by atoms with E-state index >= 15 is 0 Å². The maximum atomic E-state index is 3.50. The van der Waals surface area contributed by atoms with Crippen molar-refractivity contribution in [3.63, 3.8) is 0 Å². The normalized spacial score (nSPS) is 33.2. The lowest BCUT2D eigenvalue weighted by Crippen LogP contribution is -2.43. The first-order valence-electron chi connectivity index (χ1n) is 7.79. The molecule has 2 aliphatic heterocycles. The highest BCUT2D eigenvalue weighted by Gasteiger charge is 2.53. The van der Waals surface area contributed by atoms with Crippen molar-refractivity contribution in [3.8, 4) is 0 Å². The monoisotopic (exact) mass is 251 g/mol. The molecule has 1 atom stereocenters. The van der Waals surface area contributed by atoms with Gasteiger partial charge < -0.3 is 15.1 Å². The average molecular weight is 251 g/mol. The summed E-state index contributed by atoms with van der Waals surface area (Å²) in [7, 11) is 4.45. The molecule has 1 aliphatic carbocycles. The van der Waals surface area contributed by atoms with E-state index in [4.69, 9.17) is 0 Å². The number of hydrogen-bond acceptors (Lipinski definition) is 3. The van der Waals surface area contributed by atoms with Gasteiger partial charge in [-0.05, 0) is 83.7 Å². The Morgan fingerprint density at radius 1 is 1.17 bits per heavy atom. The molecule has 0 radical (unpaired) electrons. The maximum Gasteiger partial charge on any atom is 0.0113 e. The summed E-state index contributed by atoms with van der Waals surface area (Å²) in [6.45, 7) is 6.57. The summed E-state index contributed by atoms with van der Waals surface area (Å²) >= 11 is 0. The van der Waals surface area contributed by atoms with Gasteiger partial charge in [-0.3, -0.25) is 0 Å². The molecule has 1 N–H and O–H groups in total. The van der Waals surface area contributed by atoms with Gasteiger partial charge in [0.05, 0.1) is 0 Å². The Balaban J connectivity index is 1.43. The van der Waals surface area contributed by atoms with Gasteiger partial charge in [-0.25, -0.2) is 0 Å². The lowest BCUT2D eigenvalue weighted by atomic mass is 9.91. The van der Waals surface area contributed by atoms with E-state index in [0.717, 1.165) is 17.4 Å². The molecule has 0 aromatic rings. The van der Waals surface area contributed by atoms with E-state index < -0.39 is 0 Å². The third-order valence-electron chi connectivity index (χ3n) is 5.72. The summed E-state index contributed by atoms with van der Waals surface area (Å²) < 4.78 is 0. The quantitative estimate of drug-likeness (QED) is 0.818. The summed E-state index contributed by atoms with van der Waals surface area (Å²) in [4.78, 5) is 5.14. The third kappa shape index (κ3) is 2.59. The van der Waals surface area contributed by atoms with Gasteiger partial charge in [0, 0.05) is 12.6 Å². The molecule has 3 rings (SSSR count). The van der Waals surface area contributed by atoms with E-state index in [9.17, 15) is 0 Å².